The third kappa shape index (κ3) is 4.63. The number of aromatic nitrogens is 1. The van der Waals surface area contributed by atoms with Crippen molar-refractivity contribution in [1.82, 2.24) is 14.8 Å². The van der Waals surface area contributed by atoms with E-state index >= 15 is 0 Å². The first-order valence-corrected chi connectivity index (χ1v) is 11.2. The molecule has 0 amide bonds. The van der Waals surface area contributed by atoms with Crippen molar-refractivity contribution < 1.29 is 5.11 Å². The lowest BCUT2D eigenvalue weighted by Gasteiger charge is -2.32. The fourth-order valence-electron chi connectivity index (χ4n) is 3.98. The molecule has 0 saturated carbocycles. The van der Waals surface area contributed by atoms with E-state index in [4.69, 9.17) is 16.7 Å². The molecule has 7 heteroatoms. The lowest BCUT2D eigenvalue weighted by atomic mass is 10.2. The fraction of sp³-hybridized carbons (Fsp3) is 0.476. The number of pyridine rings is 1. The predicted molar refractivity (Wildman–Crippen MR) is 116 cm³/mol. The van der Waals surface area contributed by atoms with E-state index in [1.165, 1.54) is 21.9 Å². The molecule has 4 rings (SSSR count). The maximum absolute atomic E-state index is 9.16. The zero-order valence-electron chi connectivity index (χ0n) is 16.1. The number of fused-ring (bicyclic) bond motifs is 2. The van der Waals surface area contributed by atoms with Crippen LogP contribution in [0, 0.1) is 0 Å². The van der Waals surface area contributed by atoms with Crippen molar-refractivity contribution in [3.63, 3.8) is 0 Å². The number of aliphatic hydroxyl groups is 1. The monoisotopic (exact) mass is 418 g/mol. The number of aliphatic hydroxyl groups excluding tert-OH is 1. The van der Waals surface area contributed by atoms with Gasteiger partial charge in [-0.3, -0.25) is 4.90 Å². The minimum Gasteiger partial charge on any atom is -0.395 e. The van der Waals surface area contributed by atoms with Crippen molar-refractivity contribution in [3.8, 4) is 0 Å². The molecule has 1 saturated heterocycles. The first kappa shape index (κ1) is 20.0. The second kappa shape index (κ2) is 9.46. The molecule has 150 valence electrons. The number of nitrogens with zero attached hydrogens (tertiary/aromatic N) is 4. The highest BCUT2D eigenvalue weighted by Gasteiger charge is 2.24. The number of benzene rings is 1. The Morgan fingerprint density at radius 2 is 1.82 bits per heavy atom. The van der Waals surface area contributed by atoms with Gasteiger partial charge in [0.25, 0.3) is 0 Å². The predicted octanol–water partition coefficient (Wildman–Crippen LogP) is 3.73. The van der Waals surface area contributed by atoms with Crippen LogP contribution in [0.3, 0.4) is 0 Å². The molecule has 0 radical (unpaired) electrons. The third-order valence-electron chi connectivity index (χ3n) is 5.39. The summed E-state index contributed by atoms with van der Waals surface area (Å²) in [5.74, 6) is 1.05. The summed E-state index contributed by atoms with van der Waals surface area (Å²) in [5.41, 5.74) is 1.20. The summed E-state index contributed by atoms with van der Waals surface area (Å²) >= 11 is 7.98. The lowest BCUT2D eigenvalue weighted by Crippen LogP contribution is -2.34. The van der Waals surface area contributed by atoms with Crippen molar-refractivity contribution in [3.05, 3.63) is 41.6 Å². The van der Waals surface area contributed by atoms with Crippen molar-refractivity contribution >= 4 is 34.9 Å². The summed E-state index contributed by atoms with van der Waals surface area (Å²) < 4.78 is 0. The minimum atomic E-state index is 0.253. The molecule has 0 bridgehead atoms. The van der Waals surface area contributed by atoms with Crippen LogP contribution < -0.4 is 4.90 Å². The Balaban J connectivity index is 1.41. The third-order valence-corrected chi connectivity index (χ3v) is 6.71. The number of hydrogen-bond donors (Lipinski definition) is 1. The molecule has 2 aromatic rings. The maximum Gasteiger partial charge on any atom is 0.147 e. The minimum absolute atomic E-state index is 0.253. The average Bonchev–Trinajstić information content (AvgIpc) is 2.93. The van der Waals surface area contributed by atoms with E-state index in [0.717, 1.165) is 63.1 Å². The van der Waals surface area contributed by atoms with Gasteiger partial charge in [0.05, 0.1) is 17.2 Å². The van der Waals surface area contributed by atoms with Crippen LogP contribution in [-0.2, 0) is 0 Å². The van der Waals surface area contributed by atoms with Gasteiger partial charge in [0.15, 0.2) is 0 Å². The largest absolute Gasteiger partial charge is 0.395 e. The Morgan fingerprint density at radius 3 is 2.64 bits per heavy atom. The zero-order chi connectivity index (χ0) is 19.3. The molecular weight excluding hydrogens is 392 g/mol. The molecule has 0 unspecified atom stereocenters. The van der Waals surface area contributed by atoms with Gasteiger partial charge in [-0.2, -0.15) is 0 Å². The van der Waals surface area contributed by atoms with Crippen LogP contribution in [0.15, 0.2) is 46.3 Å². The summed E-state index contributed by atoms with van der Waals surface area (Å²) in [7, 11) is 0. The molecule has 1 aromatic carbocycles. The smallest absolute Gasteiger partial charge is 0.147 e. The number of hydrogen-bond acceptors (Lipinski definition) is 6. The fourth-order valence-corrected chi connectivity index (χ4v) is 5.32. The van der Waals surface area contributed by atoms with Gasteiger partial charge in [-0.15, -0.1) is 0 Å². The Labute approximate surface area is 176 Å². The molecule has 5 nitrogen and oxygen atoms in total. The van der Waals surface area contributed by atoms with Crippen LogP contribution >= 0.6 is 23.4 Å². The van der Waals surface area contributed by atoms with Gasteiger partial charge >= 0.3 is 0 Å². The molecule has 0 spiro atoms. The van der Waals surface area contributed by atoms with Crippen molar-refractivity contribution in [2.24, 2.45) is 0 Å². The summed E-state index contributed by atoms with van der Waals surface area (Å²) in [4.78, 5) is 14.3. The summed E-state index contributed by atoms with van der Waals surface area (Å²) in [5, 5.41) is 9.94. The van der Waals surface area contributed by atoms with Crippen molar-refractivity contribution in [2.75, 3.05) is 57.3 Å². The number of rotatable bonds is 6. The molecule has 1 fully saturated rings. The highest BCUT2D eigenvalue weighted by atomic mass is 35.5. The normalized spacial score (nSPS) is 17.9. The van der Waals surface area contributed by atoms with Gasteiger partial charge in [0, 0.05) is 42.3 Å². The van der Waals surface area contributed by atoms with Crippen LogP contribution in [-0.4, -0.2) is 72.3 Å². The Hall–Kier alpha value is -1.31. The molecule has 0 atom stereocenters. The van der Waals surface area contributed by atoms with Crippen LogP contribution in [0.4, 0.5) is 11.5 Å². The zero-order valence-corrected chi connectivity index (χ0v) is 17.6. The van der Waals surface area contributed by atoms with Crippen molar-refractivity contribution in [2.45, 2.75) is 22.6 Å². The van der Waals surface area contributed by atoms with Gasteiger partial charge in [-0.25, -0.2) is 4.98 Å². The van der Waals surface area contributed by atoms with E-state index in [-0.39, 0.29) is 6.61 Å². The highest BCUT2D eigenvalue weighted by molar-refractivity contribution is 7.99. The molecular formula is C21H27ClN4OS. The van der Waals surface area contributed by atoms with Gasteiger partial charge < -0.3 is 14.9 Å². The van der Waals surface area contributed by atoms with Gasteiger partial charge in [-0.1, -0.05) is 23.4 Å². The Kier molecular flexibility index (Phi) is 6.75. The molecule has 28 heavy (non-hydrogen) atoms. The second-order valence-corrected chi connectivity index (χ2v) is 8.83. The Morgan fingerprint density at radius 1 is 1.00 bits per heavy atom. The molecule has 1 N–H and O–H groups in total. The topological polar surface area (TPSA) is 42.8 Å². The van der Waals surface area contributed by atoms with E-state index in [9.17, 15) is 0 Å². The van der Waals surface area contributed by atoms with E-state index in [0.29, 0.717) is 0 Å². The molecule has 3 heterocycles. The van der Waals surface area contributed by atoms with E-state index < -0.39 is 0 Å². The maximum atomic E-state index is 9.16. The van der Waals surface area contributed by atoms with Crippen LogP contribution in [0.5, 0.6) is 0 Å². The van der Waals surface area contributed by atoms with E-state index in [1.807, 2.05) is 18.3 Å². The van der Waals surface area contributed by atoms with Crippen LogP contribution in [0.2, 0.25) is 5.02 Å². The summed E-state index contributed by atoms with van der Waals surface area (Å²) in [6.07, 6.45) is 4.13. The van der Waals surface area contributed by atoms with E-state index in [2.05, 4.69) is 37.9 Å². The Bertz CT molecular complexity index is 806. The second-order valence-electron chi connectivity index (χ2n) is 7.30. The van der Waals surface area contributed by atoms with Gasteiger partial charge in [0.1, 0.15) is 5.82 Å². The van der Waals surface area contributed by atoms with Gasteiger partial charge in [-0.05, 0) is 62.8 Å². The summed E-state index contributed by atoms with van der Waals surface area (Å²) in [6, 6.07) is 10.3. The lowest BCUT2D eigenvalue weighted by molar-refractivity contribution is 0.196. The quantitative estimate of drug-likeness (QED) is 0.771. The SMILES string of the molecule is OCCN1CCCN(CCCN2c3ccc(Cl)cc3Sc3cccnc32)CC1. The molecule has 2 aliphatic rings. The van der Waals surface area contributed by atoms with Gasteiger partial charge in [0.2, 0.25) is 0 Å². The van der Waals surface area contributed by atoms with Crippen LogP contribution in [0.25, 0.3) is 0 Å². The standard InChI is InChI=1S/C21H27ClN4OS/c22-17-5-6-18-20(16-17)28-19-4-1-7-23-21(19)26(18)11-3-10-24-8-2-9-25(13-12-24)14-15-27/h1,4-7,16,27H,2-3,8-15H2. The first-order valence-electron chi connectivity index (χ1n) is 10.00. The number of anilines is 2. The van der Waals surface area contributed by atoms with E-state index in [1.54, 1.807) is 11.8 Å². The highest BCUT2D eigenvalue weighted by Crippen LogP contribution is 2.47. The number of β-amino-alcohol motifs (C(OH)–C–C–N with tert-alkyl or cyclic N) is 1. The number of halogens is 1. The molecule has 0 aliphatic carbocycles. The summed E-state index contributed by atoms with van der Waals surface area (Å²) in [6.45, 7) is 7.43. The molecule has 2 aliphatic heterocycles. The first-order chi connectivity index (χ1) is 13.7. The molecule has 1 aromatic heterocycles. The van der Waals surface area contributed by atoms with Crippen LogP contribution in [0.1, 0.15) is 12.8 Å². The van der Waals surface area contributed by atoms with Crippen molar-refractivity contribution in [1.29, 1.82) is 0 Å². The average molecular weight is 419 g/mol.